The fourth-order valence-electron chi connectivity index (χ4n) is 2.21. The molecule has 7 heteroatoms. The van der Waals surface area contributed by atoms with E-state index in [4.69, 9.17) is 0 Å². The van der Waals surface area contributed by atoms with Gasteiger partial charge in [0.1, 0.15) is 5.82 Å². The number of esters is 1. The van der Waals surface area contributed by atoms with Gasteiger partial charge in [0.25, 0.3) is 0 Å². The van der Waals surface area contributed by atoms with Crippen LogP contribution in [0.4, 0.5) is 5.82 Å². The van der Waals surface area contributed by atoms with Crippen LogP contribution in [0, 0.1) is 6.92 Å². The van der Waals surface area contributed by atoms with Crippen LogP contribution in [0.3, 0.4) is 0 Å². The second-order valence-electron chi connectivity index (χ2n) is 4.92. The van der Waals surface area contributed by atoms with E-state index in [-0.39, 0.29) is 5.75 Å². The fourth-order valence-corrected chi connectivity index (χ4v) is 3.50. The Bertz CT molecular complexity index is 627. The van der Waals surface area contributed by atoms with Gasteiger partial charge in [-0.2, -0.15) is 0 Å². The van der Waals surface area contributed by atoms with E-state index in [9.17, 15) is 13.2 Å². The summed E-state index contributed by atoms with van der Waals surface area (Å²) in [6.45, 7) is 4.29. The molecule has 0 N–H and O–H groups in total. The SMILES string of the molecule is COC(=O)c1ccc(N2CCS(=O)(=O)C(C)C2)nc1C. The fraction of sp³-hybridized carbons (Fsp3) is 0.538. The Morgan fingerprint density at radius 1 is 1.45 bits per heavy atom. The minimum Gasteiger partial charge on any atom is -0.465 e. The number of ether oxygens (including phenoxy) is 1. The third-order valence-electron chi connectivity index (χ3n) is 3.54. The van der Waals surface area contributed by atoms with Gasteiger partial charge in [-0.25, -0.2) is 18.2 Å². The molecule has 1 atom stereocenters. The number of hydrogen-bond donors (Lipinski definition) is 0. The van der Waals surface area contributed by atoms with Crippen LogP contribution < -0.4 is 4.90 Å². The van der Waals surface area contributed by atoms with Crippen LogP contribution in [0.1, 0.15) is 23.0 Å². The van der Waals surface area contributed by atoms with Crippen LogP contribution in [0.5, 0.6) is 0 Å². The highest BCUT2D eigenvalue weighted by Gasteiger charge is 2.30. The molecule has 6 nitrogen and oxygen atoms in total. The van der Waals surface area contributed by atoms with Gasteiger partial charge in [0.2, 0.25) is 0 Å². The Kier molecular flexibility index (Phi) is 3.99. The molecule has 1 aromatic heterocycles. The number of rotatable bonds is 2. The molecule has 0 aromatic carbocycles. The molecule has 1 unspecified atom stereocenters. The van der Waals surface area contributed by atoms with Crippen LogP contribution >= 0.6 is 0 Å². The number of carbonyl (C=O) groups is 1. The Balaban J connectivity index is 2.23. The third-order valence-corrected chi connectivity index (χ3v) is 5.66. The Hall–Kier alpha value is -1.63. The first kappa shape index (κ1) is 14.8. The maximum Gasteiger partial charge on any atom is 0.339 e. The summed E-state index contributed by atoms with van der Waals surface area (Å²) < 4.78 is 28.1. The lowest BCUT2D eigenvalue weighted by molar-refractivity contribution is 0.0599. The zero-order valence-electron chi connectivity index (χ0n) is 11.8. The summed E-state index contributed by atoms with van der Waals surface area (Å²) in [6, 6.07) is 3.39. The normalized spacial score (nSPS) is 21.6. The summed E-state index contributed by atoms with van der Waals surface area (Å²) in [4.78, 5) is 17.8. The molecule has 0 radical (unpaired) electrons. The molecule has 0 spiro atoms. The minimum absolute atomic E-state index is 0.133. The van der Waals surface area contributed by atoms with Gasteiger partial charge in [-0.1, -0.05) is 0 Å². The molecule has 0 saturated carbocycles. The lowest BCUT2D eigenvalue weighted by atomic mass is 10.2. The van der Waals surface area contributed by atoms with E-state index in [1.807, 2.05) is 4.90 Å². The zero-order valence-corrected chi connectivity index (χ0v) is 12.6. The molecule has 0 bridgehead atoms. The molecule has 20 heavy (non-hydrogen) atoms. The van der Waals surface area contributed by atoms with Crippen molar-refractivity contribution >= 4 is 21.6 Å². The van der Waals surface area contributed by atoms with Crippen molar-refractivity contribution in [3.8, 4) is 0 Å². The van der Waals surface area contributed by atoms with Crippen molar-refractivity contribution < 1.29 is 17.9 Å². The van der Waals surface area contributed by atoms with Crippen molar-refractivity contribution in [1.82, 2.24) is 4.98 Å². The number of nitrogens with zero attached hydrogens (tertiary/aromatic N) is 2. The van der Waals surface area contributed by atoms with Crippen LogP contribution in [0.25, 0.3) is 0 Å². The minimum atomic E-state index is -2.98. The Morgan fingerprint density at radius 2 is 2.15 bits per heavy atom. The van der Waals surface area contributed by atoms with Gasteiger partial charge in [-0.05, 0) is 26.0 Å². The number of sulfone groups is 1. The molecule has 1 fully saturated rings. The molecule has 2 heterocycles. The van der Waals surface area contributed by atoms with E-state index in [0.29, 0.717) is 30.2 Å². The van der Waals surface area contributed by atoms with E-state index < -0.39 is 21.1 Å². The quantitative estimate of drug-likeness (QED) is 0.752. The van der Waals surface area contributed by atoms with Crippen molar-refractivity contribution in [3.63, 3.8) is 0 Å². The van der Waals surface area contributed by atoms with E-state index in [2.05, 4.69) is 9.72 Å². The average molecular weight is 298 g/mol. The van der Waals surface area contributed by atoms with Crippen molar-refractivity contribution in [2.75, 3.05) is 30.9 Å². The highest BCUT2D eigenvalue weighted by Crippen LogP contribution is 2.20. The van der Waals surface area contributed by atoms with Gasteiger partial charge < -0.3 is 9.64 Å². The number of hydrogen-bond acceptors (Lipinski definition) is 6. The number of aryl methyl sites for hydroxylation is 1. The molecular weight excluding hydrogens is 280 g/mol. The highest BCUT2D eigenvalue weighted by atomic mass is 32.2. The number of aromatic nitrogens is 1. The predicted molar refractivity (Wildman–Crippen MR) is 75.8 cm³/mol. The summed E-state index contributed by atoms with van der Waals surface area (Å²) in [7, 11) is -1.66. The Labute approximate surface area is 118 Å². The predicted octanol–water partition coefficient (Wildman–Crippen LogP) is 0.800. The second-order valence-corrected chi connectivity index (χ2v) is 7.46. The summed E-state index contributed by atoms with van der Waals surface area (Å²) in [5.74, 6) is 0.404. The molecule has 110 valence electrons. The largest absolute Gasteiger partial charge is 0.465 e. The van der Waals surface area contributed by atoms with E-state index in [1.165, 1.54) is 7.11 Å². The number of methoxy groups -OCH3 is 1. The molecule has 1 aliphatic heterocycles. The molecule has 1 aliphatic rings. The van der Waals surface area contributed by atoms with Crippen LogP contribution in [0.15, 0.2) is 12.1 Å². The number of pyridine rings is 1. The van der Waals surface area contributed by atoms with E-state index in [1.54, 1.807) is 26.0 Å². The van der Waals surface area contributed by atoms with E-state index in [0.717, 1.165) is 0 Å². The average Bonchev–Trinajstić information content (AvgIpc) is 2.41. The molecular formula is C13H18N2O4S. The lowest BCUT2D eigenvalue weighted by Crippen LogP contribution is -2.45. The van der Waals surface area contributed by atoms with E-state index >= 15 is 0 Å². The monoisotopic (exact) mass is 298 g/mol. The molecule has 2 rings (SSSR count). The van der Waals surface area contributed by atoms with Gasteiger partial charge in [-0.3, -0.25) is 0 Å². The zero-order chi connectivity index (χ0) is 14.9. The van der Waals surface area contributed by atoms with Gasteiger partial charge in [-0.15, -0.1) is 0 Å². The van der Waals surface area contributed by atoms with Gasteiger partial charge in [0, 0.05) is 13.1 Å². The van der Waals surface area contributed by atoms with Gasteiger partial charge in [0.05, 0.1) is 29.4 Å². The Morgan fingerprint density at radius 3 is 2.70 bits per heavy atom. The number of carbonyl (C=O) groups excluding carboxylic acids is 1. The smallest absolute Gasteiger partial charge is 0.339 e. The van der Waals surface area contributed by atoms with Crippen LogP contribution in [0.2, 0.25) is 0 Å². The third kappa shape index (κ3) is 2.77. The maximum absolute atomic E-state index is 11.7. The summed E-state index contributed by atoms with van der Waals surface area (Å²) >= 11 is 0. The van der Waals surface area contributed by atoms with Crippen molar-refractivity contribution in [3.05, 3.63) is 23.4 Å². The van der Waals surface area contributed by atoms with Crippen LogP contribution in [-0.2, 0) is 14.6 Å². The van der Waals surface area contributed by atoms with Crippen molar-refractivity contribution in [1.29, 1.82) is 0 Å². The molecule has 0 aliphatic carbocycles. The topological polar surface area (TPSA) is 76.6 Å². The first-order chi connectivity index (χ1) is 9.35. The summed E-state index contributed by atoms with van der Waals surface area (Å²) in [6.07, 6.45) is 0. The first-order valence-corrected chi connectivity index (χ1v) is 8.09. The van der Waals surface area contributed by atoms with Gasteiger partial charge in [0.15, 0.2) is 9.84 Å². The first-order valence-electron chi connectivity index (χ1n) is 6.37. The van der Waals surface area contributed by atoms with Crippen molar-refractivity contribution in [2.24, 2.45) is 0 Å². The standard InChI is InChI=1S/C13H18N2O4S/c1-9-8-15(6-7-20(9,17)18)12-5-4-11(10(2)14-12)13(16)19-3/h4-5,9H,6-8H2,1-3H3. The maximum atomic E-state index is 11.7. The van der Waals surface area contributed by atoms with Crippen molar-refractivity contribution in [2.45, 2.75) is 19.1 Å². The highest BCUT2D eigenvalue weighted by molar-refractivity contribution is 7.92. The summed E-state index contributed by atoms with van der Waals surface area (Å²) in [5, 5.41) is -0.404. The van der Waals surface area contributed by atoms with Gasteiger partial charge >= 0.3 is 5.97 Å². The second kappa shape index (κ2) is 5.40. The molecule has 1 aromatic rings. The van der Waals surface area contributed by atoms with Crippen LogP contribution in [-0.4, -0.2) is 50.6 Å². The molecule has 1 saturated heterocycles. The number of anilines is 1. The summed E-state index contributed by atoms with van der Waals surface area (Å²) in [5.41, 5.74) is 1.00. The molecule has 0 amide bonds. The lowest BCUT2D eigenvalue weighted by Gasteiger charge is -2.32.